The van der Waals surface area contributed by atoms with Gasteiger partial charge in [0.05, 0.1) is 49.6 Å². The van der Waals surface area contributed by atoms with Gasteiger partial charge in [-0.25, -0.2) is 4.98 Å². The van der Waals surface area contributed by atoms with E-state index in [0.29, 0.717) is 18.1 Å². The highest BCUT2D eigenvalue weighted by Gasteiger charge is 2.28. The van der Waals surface area contributed by atoms with Crippen LogP contribution in [0.1, 0.15) is 0 Å². The Hall–Kier alpha value is -2.57. The highest BCUT2D eigenvalue weighted by atomic mass is 16.6. The van der Waals surface area contributed by atoms with Crippen molar-refractivity contribution < 1.29 is 18.9 Å². The molecule has 1 aromatic heterocycles. The number of aromatic nitrogens is 2. The third kappa shape index (κ3) is 2.91. The average Bonchev–Trinajstić information content (AvgIpc) is 3.59. The number of hydrogen-bond donors (Lipinski definition) is 0. The lowest BCUT2D eigenvalue weighted by atomic mass is 10.1. The summed E-state index contributed by atoms with van der Waals surface area (Å²) in [5, 5.41) is 0. The first kappa shape index (κ1) is 15.7. The fourth-order valence-corrected chi connectivity index (χ4v) is 3.19. The summed E-state index contributed by atoms with van der Waals surface area (Å²) in [6.07, 6.45) is 0.424. The van der Waals surface area contributed by atoms with Crippen molar-refractivity contribution >= 4 is 11.0 Å². The lowest BCUT2D eigenvalue weighted by molar-refractivity contribution is 0.253. The van der Waals surface area contributed by atoms with Crippen LogP contribution in [-0.4, -0.2) is 48.7 Å². The molecule has 5 rings (SSSR count). The summed E-state index contributed by atoms with van der Waals surface area (Å²) in [6, 6.07) is 14.1. The highest BCUT2D eigenvalue weighted by molar-refractivity contribution is 5.82. The Balaban J connectivity index is 1.64. The molecule has 0 bridgehead atoms. The number of benzene rings is 2. The maximum atomic E-state index is 6.07. The number of rotatable bonds is 7. The van der Waals surface area contributed by atoms with Crippen molar-refractivity contribution in [2.45, 2.75) is 18.8 Å². The zero-order valence-electron chi connectivity index (χ0n) is 14.6. The Morgan fingerprint density at radius 2 is 1.88 bits per heavy atom. The van der Waals surface area contributed by atoms with Crippen molar-refractivity contribution in [3.63, 3.8) is 0 Å². The van der Waals surface area contributed by atoms with Crippen LogP contribution < -0.4 is 9.47 Å². The minimum atomic E-state index is 0.173. The van der Waals surface area contributed by atoms with Crippen LogP contribution in [0.3, 0.4) is 0 Å². The largest absolute Gasteiger partial charge is 0.493 e. The first-order chi connectivity index (χ1) is 12.8. The normalized spacial score (nSPS) is 21.0. The van der Waals surface area contributed by atoms with Crippen LogP contribution in [-0.2, 0) is 16.0 Å². The van der Waals surface area contributed by atoms with Crippen LogP contribution in [0.5, 0.6) is 11.5 Å². The Morgan fingerprint density at radius 3 is 2.65 bits per heavy atom. The number of methoxy groups -OCH3 is 1. The predicted octanol–water partition coefficient (Wildman–Crippen LogP) is 2.89. The molecule has 2 fully saturated rings. The maximum absolute atomic E-state index is 6.07. The molecule has 3 aromatic rings. The van der Waals surface area contributed by atoms with Gasteiger partial charge in [0.1, 0.15) is 18.5 Å². The summed E-state index contributed by atoms with van der Waals surface area (Å²) < 4.78 is 24.6. The number of hydrogen-bond acceptors (Lipinski definition) is 5. The third-order valence-electron chi connectivity index (χ3n) is 4.70. The van der Waals surface area contributed by atoms with Gasteiger partial charge in [0.25, 0.3) is 0 Å². The van der Waals surface area contributed by atoms with Crippen LogP contribution in [0, 0.1) is 0 Å². The molecule has 0 saturated carbocycles. The van der Waals surface area contributed by atoms with E-state index in [1.54, 1.807) is 7.11 Å². The fraction of sp³-hybridized carbons (Fsp3) is 0.350. The summed E-state index contributed by atoms with van der Waals surface area (Å²) >= 11 is 0. The second kappa shape index (κ2) is 6.30. The molecule has 2 aliphatic rings. The van der Waals surface area contributed by atoms with E-state index in [1.165, 1.54) is 0 Å². The topological polar surface area (TPSA) is 61.3 Å². The smallest absolute Gasteiger partial charge is 0.172 e. The van der Waals surface area contributed by atoms with Crippen LogP contribution >= 0.6 is 0 Å². The van der Waals surface area contributed by atoms with Crippen molar-refractivity contribution in [2.24, 2.45) is 0 Å². The molecule has 0 radical (unpaired) electrons. The van der Waals surface area contributed by atoms with Crippen LogP contribution in [0.15, 0.2) is 42.5 Å². The van der Waals surface area contributed by atoms with E-state index in [4.69, 9.17) is 23.9 Å². The Labute approximate surface area is 151 Å². The molecule has 0 aliphatic carbocycles. The van der Waals surface area contributed by atoms with Crippen LogP contribution in [0.25, 0.3) is 22.4 Å². The maximum Gasteiger partial charge on any atom is 0.172 e. The standard InChI is InChI=1S/C20H20N2O4/c1-23-18-8-4-5-15(19(18)26-12-14-11-25-14)20-21-16-6-2-3-7-17(16)22(20)9-13-10-24-13/h2-8,13-14H,9-12H2,1H3. The van der Waals surface area contributed by atoms with Gasteiger partial charge in [-0.15, -0.1) is 0 Å². The molecule has 3 heterocycles. The first-order valence-electron chi connectivity index (χ1n) is 8.82. The molecule has 2 saturated heterocycles. The van der Waals surface area contributed by atoms with Crippen molar-refractivity contribution in [1.29, 1.82) is 0 Å². The number of para-hydroxylation sites is 3. The van der Waals surface area contributed by atoms with Gasteiger partial charge in [0, 0.05) is 0 Å². The summed E-state index contributed by atoms with van der Waals surface area (Å²) in [7, 11) is 1.65. The van der Waals surface area contributed by atoms with Gasteiger partial charge in [-0.05, 0) is 24.3 Å². The number of epoxide rings is 2. The van der Waals surface area contributed by atoms with E-state index >= 15 is 0 Å². The monoisotopic (exact) mass is 352 g/mol. The molecular formula is C20H20N2O4. The number of imidazole rings is 1. The summed E-state index contributed by atoms with van der Waals surface area (Å²) in [5.41, 5.74) is 2.97. The lowest BCUT2D eigenvalue weighted by Crippen LogP contribution is -2.09. The fourth-order valence-electron chi connectivity index (χ4n) is 3.19. The van der Waals surface area contributed by atoms with E-state index in [-0.39, 0.29) is 12.2 Å². The minimum Gasteiger partial charge on any atom is -0.493 e. The molecule has 2 unspecified atom stereocenters. The molecule has 2 aliphatic heterocycles. The summed E-state index contributed by atoms with van der Waals surface area (Å²) in [6.45, 7) is 2.84. The van der Waals surface area contributed by atoms with Gasteiger partial charge in [-0.3, -0.25) is 0 Å². The van der Waals surface area contributed by atoms with Gasteiger partial charge in [0.2, 0.25) is 0 Å². The van der Waals surface area contributed by atoms with Crippen LogP contribution in [0.4, 0.5) is 0 Å². The molecule has 134 valence electrons. The Morgan fingerprint density at radius 1 is 1.08 bits per heavy atom. The molecular weight excluding hydrogens is 332 g/mol. The summed E-state index contributed by atoms with van der Waals surface area (Å²) in [4.78, 5) is 4.88. The second-order valence-corrected chi connectivity index (χ2v) is 6.59. The molecule has 2 aromatic carbocycles. The zero-order chi connectivity index (χ0) is 17.5. The Kier molecular flexibility index (Phi) is 3.80. The van der Waals surface area contributed by atoms with E-state index < -0.39 is 0 Å². The van der Waals surface area contributed by atoms with Crippen LogP contribution in [0.2, 0.25) is 0 Å². The highest BCUT2D eigenvalue weighted by Crippen LogP contribution is 2.39. The molecule has 6 heteroatoms. The van der Waals surface area contributed by atoms with Gasteiger partial charge in [-0.2, -0.15) is 0 Å². The molecule has 0 N–H and O–H groups in total. The van der Waals surface area contributed by atoms with Crippen molar-refractivity contribution in [3.05, 3.63) is 42.5 Å². The molecule has 6 nitrogen and oxygen atoms in total. The number of ether oxygens (including phenoxy) is 4. The van der Waals surface area contributed by atoms with Gasteiger partial charge < -0.3 is 23.5 Å². The minimum absolute atomic E-state index is 0.173. The predicted molar refractivity (Wildman–Crippen MR) is 96.7 cm³/mol. The molecule has 2 atom stereocenters. The Bertz CT molecular complexity index is 944. The van der Waals surface area contributed by atoms with Gasteiger partial charge >= 0.3 is 0 Å². The molecule has 0 amide bonds. The lowest BCUT2D eigenvalue weighted by Gasteiger charge is -2.15. The van der Waals surface area contributed by atoms with Gasteiger partial charge in [0.15, 0.2) is 11.5 Å². The van der Waals surface area contributed by atoms with E-state index in [9.17, 15) is 0 Å². The molecule has 26 heavy (non-hydrogen) atoms. The quantitative estimate of drug-likeness (QED) is 0.612. The first-order valence-corrected chi connectivity index (χ1v) is 8.82. The van der Waals surface area contributed by atoms with E-state index in [0.717, 1.165) is 42.2 Å². The van der Waals surface area contributed by atoms with Crippen molar-refractivity contribution in [2.75, 3.05) is 26.9 Å². The number of nitrogens with zero attached hydrogens (tertiary/aromatic N) is 2. The van der Waals surface area contributed by atoms with E-state index in [1.807, 2.05) is 36.4 Å². The van der Waals surface area contributed by atoms with Gasteiger partial charge in [-0.1, -0.05) is 18.2 Å². The van der Waals surface area contributed by atoms with Crippen molar-refractivity contribution in [1.82, 2.24) is 9.55 Å². The summed E-state index contributed by atoms with van der Waals surface area (Å²) in [5.74, 6) is 2.27. The second-order valence-electron chi connectivity index (χ2n) is 6.59. The zero-order valence-corrected chi connectivity index (χ0v) is 14.6. The number of fused-ring (bicyclic) bond motifs is 1. The SMILES string of the molecule is COc1cccc(-c2nc3ccccc3n2CC2CO2)c1OCC1CO1. The van der Waals surface area contributed by atoms with Crippen molar-refractivity contribution in [3.8, 4) is 22.9 Å². The third-order valence-corrected chi connectivity index (χ3v) is 4.70. The average molecular weight is 352 g/mol. The van der Waals surface area contributed by atoms with E-state index in [2.05, 4.69) is 10.6 Å². The molecule has 0 spiro atoms.